The Morgan fingerprint density at radius 1 is 0.828 bits per heavy atom. The summed E-state index contributed by atoms with van der Waals surface area (Å²) in [5, 5.41) is 3.69. The van der Waals surface area contributed by atoms with E-state index in [1.54, 1.807) is 0 Å². The minimum atomic E-state index is 0.221. The normalized spacial score (nSPS) is 13.7. The smallest absolute Gasteiger partial charge is 0.0104 e. The molecule has 0 saturated heterocycles. The fraction of sp³-hybridized carbons (Fsp3) is 0.556. The molecule has 2 nitrogen and oxygen atoms in total. The standard InChI is InChI=1S/C27H42N2/c1-5-29(6-2)23-27(24(3)4,26-18-11-8-12-19-26)20-14-22-28-21-13-17-25-15-9-7-10-16-25/h7-12,15-16,18-19,24,28H,5-6,13-14,17,20-23H2,1-4H3. The fourth-order valence-corrected chi connectivity index (χ4v) is 4.45. The number of hydrogen-bond acceptors (Lipinski definition) is 2. The zero-order valence-electron chi connectivity index (χ0n) is 19.2. The van der Waals surface area contributed by atoms with Gasteiger partial charge in [-0.3, -0.25) is 0 Å². The average Bonchev–Trinajstić information content (AvgIpc) is 2.76. The van der Waals surface area contributed by atoms with E-state index in [9.17, 15) is 0 Å². The van der Waals surface area contributed by atoms with Crippen LogP contribution in [0.2, 0.25) is 0 Å². The Kier molecular flexibility index (Phi) is 10.5. The van der Waals surface area contributed by atoms with Crippen molar-refractivity contribution in [3.63, 3.8) is 0 Å². The Balaban J connectivity index is 1.90. The first-order chi connectivity index (χ1) is 14.1. The number of aryl methyl sites for hydroxylation is 1. The van der Waals surface area contributed by atoms with E-state index in [1.165, 1.54) is 30.4 Å². The van der Waals surface area contributed by atoms with Crippen molar-refractivity contribution in [2.45, 2.75) is 58.8 Å². The SMILES string of the molecule is CCN(CC)CC(CCCNCCCc1ccccc1)(c1ccccc1)C(C)C. The van der Waals surface area contributed by atoms with Crippen molar-refractivity contribution in [3.05, 3.63) is 71.8 Å². The lowest BCUT2D eigenvalue weighted by Gasteiger charge is -2.42. The monoisotopic (exact) mass is 394 g/mol. The third-order valence-corrected chi connectivity index (χ3v) is 6.49. The summed E-state index contributed by atoms with van der Waals surface area (Å²) in [7, 11) is 0. The van der Waals surface area contributed by atoms with Crippen molar-refractivity contribution in [3.8, 4) is 0 Å². The molecular weight excluding hydrogens is 352 g/mol. The van der Waals surface area contributed by atoms with Crippen LogP contribution in [-0.2, 0) is 11.8 Å². The molecule has 2 rings (SSSR count). The molecule has 2 heteroatoms. The highest BCUT2D eigenvalue weighted by Gasteiger charge is 2.36. The zero-order chi connectivity index (χ0) is 21.0. The first kappa shape index (κ1) is 23.6. The summed E-state index contributed by atoms with van der Waals surface area (Å²) in [6.45, 7) is 15.0. The second kappa shape index (κ2) is 12.8. The fourth-order valence-electron chi connectivity index (χ4n) is 4.45. The highest BCUT2D eigenvalue weighted by Crippen LogP contribution is 2.38. The molecule has 29 heavy (non-hydrogen) atoms. The van der Waals surface area contributed by atoms with E-state index in [0.717, 1.165) is 39.1 Å². The lowest BCUT2D eigenvalue weighted by atomic mass is 9.68. The van der Waals surface area contributed by atoms with Crippen LogP contribution < -0.4 is 5.32 Å². The van der Waals surface area contributed by atoms with Crippen molar-refractivity contribution < 1.29 is 0 Å². The van der Waals surface area contributed by atoms with Gasteiger partial charge >= 0.3 is 0 Å². The van der Waals surface area contributed by atoms with Gasteiger partial charge in [-0.05, 0) is 68.9 Å². The summed E-state index contributed by atoms with van der Waals surface area (Å²) in [4.78, 5) is 2.60. The van der Waals surface area contributed by atoms with Gasteiger partial charge in [0, 0.05) is 12.0 Å². The average molecular weight is 395 g/mol. The van der Waals surface area contributed by atoms with Gasteiger partial charge in [0.05, 0.1) is 0 Å². The molecule has 0 bridgehead atoms. The predicted molar refractivity (Wildman–Crippen MR) is 128 cm³/mol. The summed E-state index contributed by atoms with van der Waals surface area (Å²) in [6, 6.07) is 22.0. The van der Waals surface area contributed by atoms with Gasteiger partial charge in [0.15, 0.2) is 0 Å². The van der Waals surface area contributed by atoms with Crippen molar-refractivity contribution in [2.75, 3.05) is 32.7 Å². The Hall–Kier alpha value is -1.64. The third kappa shape index (κ3) is 7.28. The van der Waals surface area contributed by atoms with Crippen LogP contribution in [0.4, 0.5) is 0 Å². The zero-order valence-corrected chi connectivity index (χ0v) is 19.2. The second-order valence-electron chi connectivity index (χ2n) is 8.58. The molecule has 1 unspecified atom stereocenters. The van der Waals surface area contributed by atoms with Gasteiger partial charge in [-0.25, -0.2) is 0 Å². The number of benzene rings is 2. The molecule has 160 valence electrons. The van der Waals surface area contributed by atoms with Crippen molar-refractivity contribution in [1.82, 2.24) is 10.2 Å². The molecule has 0 radical (unpaired) electrons. The maximum absolute atomic E-state index is 3.69. The molecule has 0 aliphatic rings. The summed E-state index contributed by atoms with van der Waals surface area (Å²) >= 11 is 0. The number of rotatable bonds is 14. The van der Waals surface area contributed by atoms with Gasteiger partial charge < -0.3 is 10.2 Å². The first-order valence-electron chi connectivity index (χ1n) is 11.6. The predicted octanol–water partition coefficient (Wildman–Crippen LogP) is 5.92. The molecule has 2 aromatic rings. The van der Waals surface area contributed by atoms with Gasteiger partial charge in [-0.2, -0.15) is 0 Å². The summed E-state index contributed by atoms with van der Waals surface area (Å²) < 4.78 is 0. The van der Waals surface area contributed by atoms with Crippen LogP contribution in [0.15, 0.2) is 60.7 Å². The Bertz CT molecular complexity index is 649. The van der Waals surface area contributed by atoms with Gasteiger partial charge in [-0.15, -0.1) is 0 Å². The minimum absolute atomic E-state index is 0.221. The van der Waals surface area contributed by atoms with Gasteiger partial charge in [0.2, 0.25) is 0 Å². The lowest BCUT2D eigenvalue weighted by molar-refractivity contribution is 0.166. The van der Waals surface area contributed by atoms with E-state index >= 15 is 0 Å². The second-order valence-corrected chi connectivity index (χ2v) is 8.58. The highest BCUT2D eigenvalue weighted by atomic mass is 15.1. The van der Waals surface area contributed by atoms with Crippen LogP contribution in [0.1, 0.15) is 58.1 Å². The van der Waals surface area contributed by atoms with Crippen molar-refractivity contribution in [1.29, 1.82) is 0 Å². The van der Waals surface area contributed by atoms with Crippen LogP contribution in [0.5, 0.6) is 0 Å². The summed E-state index contributed by atoms with van der Waals surface area (Å²) in [5.41, 5.74) is 3.17. The number of likely N-dealkylation sites (N-methyl/N-ethyl adjacent to an activating group) is 1. The Labute approximate surface area is 179 Å². The summed E-state index contributed by atoms with van der Waals surface area (Å²) in [6.07, 6.45) is 4.82. The molecule has 1 atom stereocenters. The molecular formula is C27H42N2. The van der Waals surface area contributed by atoms with Crippen molar-refractivity contribution in [2.24, 2.45) is 5.92 Å². The van der Waals surface area contributed by atoms with Gasteiger partial charge in [0.1, 0.15) is 0 Å². The van der Waals surface area contributed by atoms with Crippen LogP contribution in [-0.4, -0.2) is 37.6 Å². The minimum Gasteiger partial charge on any atom is -0.317 e. The maximum atomic E-state index is 3.69. The van der Waals surface area contributed by atoms with E-state index in [-0.39, 0.29) is 5.41 Å². The van der Waals surface area contributed by atoms with E-state index in [2.05, 4.69) is 98.6 Å². The van der Waals surface area contributed by atoms with E-state index in [0.29, 0.717) is 5.92 Å². The van der Waals surface area contributed by atoms with E-state index < -0.39 is 0 Å². The highest BCUT2D eigenvalue weighted by molar-refractivity contribution is 5.27. The summed E-state index contributed by atoms with van der Waals surface area (Å²) in [5.74, 6) is 0.614. The topological polar surface area (TPSA) is 15.3 Å². The van der Waals surface area contributed by atoms with Crippen LogP contribution in [0.25, 0.3) is 0 Å². The van der Waals surface area contributed by atoms with Crippen LogP contribution in [0.3, 0.4) is 0 Å². The Morgan fingerprint density at radius 2 is 1.41 bits per heavy atom. The van der Waals surface area contributed by atoms with Gasteiger partial charge in [0.25, 0.3) is 0 Å². The molecule has 1 N–H and O–H groups in total. The number of nitrogens with zero attached hydrogens (tertiary/aromatic N) is 1. The quantitative estimate of drug-likeness (QED) is 0.400. The Morgan fingerprint density at radius 3 is 2.00 bits per heavy atom. The van der Waals surface area contributed by atoms with Crippen LogP contribution >= 0.6 is 0 Å². The molecule has 0 fully saturated rings. The number of hydrogen-bond donors (Lipinski definition) is 1. The molecule has 0 heterocycles. The van der Waals surface area contributed by atoms with Crippen molar-refractivity contribution >= 4 is 0 Å². The largest absolute Gasteiger partial charge is 0.317 e. The molecule has 0 aromatic heterocycles. The maximum Gasteiger partial charge on any atom is 0.0104 e. The number of nitrogens with one attached hydrogen (secondary N) is 1. The lowest BCUT2D eigenvalue weighted by Crippen LogP contribution is -2.45. The molecule has 0 spiro atoms. The molecule has 0 saturated carbocycles. The van der Waals surface area contributed by atoms with Gasteiger partial charge in [-0.1, -0.05) is 88.4 Å². The van der Waals surface area contributed by atoms with Crippen LogP contribution in [0, 0.1) is 5.92 Å². The molecule has 0 aliphatic heterocycles. The first-order valence-corrected chi connectivity index (χ1v) is 11.6. The van der Waals surface area contributed by atoms with E-state index in [1.807, 2.05) is 0 Å². The third-order valence-electron chi connectivity index (χ3n) is 6.49. The molecule has 2 aromatic carbocycles. The molecule has 0 aliphatic carbocycles. The van der Waals surface area contributed by atoms with E-state index in [4.69, 9.17) is 0 Å². The molecule has 0 amide bonds.